The molecule has 0 aliphatic heterocycles. The molecule has 0 aliphatic carbocycles. The van der Waals surface area contributed by atoms with E-state index in [1.165, 1.54) is 47.7 Å². The number of ether oxygens (including phenoxy) is 1. The maximum absolute atomic E-state index is 13.5. The quantitative estimate of drug-likeness (QED) is 0.506. The molecule has 7 nitrogen and oxygen atoms in total. The minimum atomic E-state index is -0.537. The van der Waals surface area contributed by atoms with Gasteiger partial charge in [0.2, 0.25) is 0 Å². The molecule has 0 atom stereocenters. The molecule has 0 N–H and O–H groups in total. The number of nitro benzene ring substituents is 1. The maximum Gasteiger partial charge on any atom is 0.279 e. The Morgan fingerprint density at radius 2 is 2.04 bits per heavy atom. The van der Waals surface area contributed by atoms with Gasteiger partial charge in [0.15, 0.2) is 4.80 Å². The fourth-order valence-electron chi connectivity index (χ4n) is 2.41. The Hall–Kier alpha value is -2.91. The van der Waals surface area contributed by atoms with Crippen LogP contribution in [0.1, 0.15) is 10.4 Å². The molecule has 3 rings (SSSR count). The first-order valence-corrected chi connectivity index (χ1v) is 8.42. The number of non-ortho nitro benzene ring substituents is 1. The lowest BCUT2D eigenvalue weighted by atomic mass is 10.2. The van der Waals surface area contributed by atoms with Gasteiger partial charge in [0.1, 0.15) is 5.82 Å². The molecule has 1 amide bonds. The highest BCUT2D eigenvalue weighted by molar-refractivity contribution is 7.16. The number of carbonyl (C=O) groups is 1. The van der Waals surface area contributed by atoms with Crippen LogP contribution in [0.4, 0.5) is 10.1 Å². The van der Waals surface area contributed by atoms with E-state index in [0.29, 0.717) is 22.7 Å². The second-order valence-corrected chi connectivity index (χ2v) is 6.37. The van der Waals surface area contributed by atoms with Crippen LogP contribution >= 0.6 is 11.3 Å². The van der Waals surface area contributed by atoms with E-state index < -0.39 is 10.8 Å². The highest BCUT2D eigenvalue weighted by Crippen LogP contribution is 2.19. The van der Waals surface area contributed by atoms with Gasteiger partial charge in [0.25, 0.3) is 11.6 Å². The number of nitro groups is 1. The van der Waals surface area contributed by atoms with Crippen LogP contribution in [-0.2, 0) is 11.3 Å². The van der Waals surface area contributed by atoms with E-state index in [4.69, 9.17) is 4.74 Å². The van der Waals surface area contributed by atoms with E-state index in [-0.39, 0.29) is 17.1 Å². The smallest absolute Gasteiger partial charge is 0.279 e. The highest BCUT2D eigenvalue weighted by Gasteiger charge is 2.11. The molecule has 1 aromatic heterocycles. The summed E-state index contributed by atoms with van der Waals surface area (Å²) in [5.74, 6) is -0.899. The molecule has 0 radical (unpaired) electrons. The Balaban J connectivity index is 2.04. The third-order valence-electron chi connectivity index (χ3n) is 3.69. The lowest BCUT2D eigenvalue weighted by Crippen LogP contribution is -2.19. The number of hydrogen-bond acceptors (Lipinski definition) is 5. The summed E-state index contributed by atoms with van der Waals surface area (Å²) in [4.78, 5) is 27.1. The number of hydrogen-bond donors (Lipinski definition) is 0. The molecule has 0 unspecified atom stereocenters. The van der Waals surface area contributed by atoms with Gasteiger partial charge in [-0.25, -0.2) is 4.39 Å². The van der Waals surface area contributed by atoms with E-state index in [1.807, 2.05) is 0 Å². The van der Waals surface area contributed by atoms with Crippen molar-refractivity contribution in [3.05, 3.63) is 68.8 Å². The van der Waals surface area contributed by atoms with E-state index in [9.17, 15) is 19.3 Å². The molecule has 3 aromatic rings. The fraction of sp³-hybridized carbons (Fsp3) is 0.176. The van der Waals surface area contributed by atoms with Gasteiger partial charge in [-0.05, 0) is 30.3 Å². The van der Waals surface area contributed by atoms with Gasteiger partial charge in [-0.15, -0.1) is 0 Å². The Morgan fingerprint density at radius 1 is 1.31 bits per heavy atom. The zero-order valence-corrected chi connectivity index (χ0v) is 14.5. The van der Waals surface area contributed by atoms with Crippen LogP contribution in [0.2, 0.25) is 0 Å². The number of nitrogens with zero attached hydrogens (tertiary/aromatic N) is 3. The summed E-state index contributed by atoms with van der Waals surface area (Å²) in [6.45, 7) is 0.858. The standard InChI is InChI=1S/C17H14FN3O4S/c1-25-9-8-20-14-7-4-12(18)10-15(14)26-17(20)19-16(22)11-2-5-13(6-3-11)21(23)24/h2-7,10H,8-9H2,1H3. The molecule has 0 spiro atoms. The minimum absolute atomic E-state index is 0.103. The van der Waals surface area contributed by atoms with Crippen molar-refractivity contribution < 1.29 is 18.8 Å². The van der Waals surface area contributed by atoms with Gasteiger partial charge in [0, 0.05) is 31.4 Å². The first-order chi connectivity index (χ1) is 12.5. The molecule has 0 fully saturated rings. The van der Waals surface area contributed by atoms with Gasteiger partial charge >= 0.3 is 0 Å². The Bertz CT molecular complexity index is 1040. The molecule has 0 aliphatic rings. The Kier molecular flexibility index (Phi) is 5.19. The number of thiazole rings is 1. The zero-order chi connectivity index (χ0) is 18.7. The minimum Gasteiger partial charge on any atom is -0.383 e. The molecule has 0 saturated heterocycles. The summed E-state index contributed by atoms with van der Waals surface area (Å²) in [6, 6.07) is 9.59. The molecule has 9 heteroatoms. The summed E-state index contributed by atoms with van der Waals surface area (Å²) < 4.78 is 21.0. The summed E-state index contributed by atoms with van der Waals surface area (Å²) in [5.41, 5.74) is 0.885. The van der Waals surface area contributed by atoms with Crippen molar-refractivity contribution in [2.75, 3.05) is 13.7 Å². The van der Waals surface area contributed by atoms with E-state index >= 15 is 0 Å². The largest absolute Gasteiger partial charge is 0.383 e. The predicted octanol–water partition coefficient (Wildman–Crippen LogP) is 3.14. The van der Waals surface area contributed by atoms with Crippen LogP contribution in [0.5, 0.6) is 0 Å². The van der Waals surface area contributed by atoms with E-state index in [0.717, 1.165) is 5.52 Å². The van der Waals surface area contributed by atoms with Gasteiger partial charge < -0.3 is 9.30 Å². The third-order valence-corrected chi connectivity index (χ3v) is 4.73. The lowest BCUT2D eigenvalue weighted by molar-refractivity contribution is -0.384. The van der Waals surface area contributed by atoms with Crippen LogP contribution in [0.25, 0.3) is 10.2 Å². The van der Waals surface area contributed by atoms with Gasteiger partial charge in [-0.1, -0.05) is 11.3 Å². The van der Waals surface area contributed by atoms with Crippen LogP contribution in [-0.4, -0.2) is 29.1 Å². The molecular formula is C17H14FN3O4S. The SMILES string of the molecule is COCCn1c(=NC(=O)c2ccc([N+](=O)[O-])cc2)sc2cc(F)ccc21. The number of fused-ring (bicyclic) bond motifs is 1. The third kappa shape index (κ3) is 3.68. The average molecular weight is 375 g/mol. The number of carbonyl (C=O) groups excluding carboxylic acids is 1. The lowest BCUT2D eigenvalue weighted by Gasteiger charge is -2.04. The van der Waals surface area contributed by atoms with Crippen LogP contribution < -0.4 is 4.80 Å². The maximum atomic E-state index is 13.5. The molecule has 0 saturated carbocycles. The fourth-order valence-corrected chi connectivity index (χ4v) is 3.49. The van der Waals surface area contributed by atoms with Crippen molar-refractivity contribution >= 4 is 33.1 Å². The average Bonchev–Trinajstić information content (AvgIpc) is 2.95. The summed E-state index contributed by atoms with van der Waals surface area (Å²) in [6.07, 6.45) is 0. The van der Waals surface area contributed by atoms with Crippen LogP contribution in [0.15, 0.2) is 47.5 Å². The molecule has 0 bridgehead atoms. The van der Waals surface area contributed by atoms with Crippen molar-refractivity contribution in [2.45, 2.75) is 6.54 Å². The normalized spacial score (nSPS) is 11.8. The van der Waals surface area contributed by atoms with Crippen molar-refractivity contribution in [3.63, 3.8) is 0 Å². The number of methoxy groups -OCH3 is 1. The van der Waals surface area contributed by atoms with Crippen LogP contribution in [0.3, 0.4) is 0 Å². The van der Waals surface area contributed by atoms with Crippen LogP contribution in [0, 0.1) is 15.9 Å². The summed E-state index contributed by atoms with van der Waals surface area (Å²) >= 11 is 1.19. The highest BCUT2D eigenvalue weighted by atomic mass is 32.1. The monoisotopic (exact) mass is 375 g/mol. The van der Waals surface area contributed by atoms with E-state index in [2.05, 4.69) is 4.99 Å². The molecular weight excluding hydrogens is 361 g/mol. The number of benzene rings is 2. The summed E-state index contributed by atoms with van der Waals surface area (Å²) in [7, 11) is 1.56. The van der Waals surface area contributed by atoms with Crippen molar-refractivity contribution in [1.29, 1.82) is 0 Å². The molecule has 2 aromatic carbocycles. The molecule has 134 valence electrons. The first-order valence-electron chi connectivity index (χ1n) is 7.61. The van der Waals surface area contributed by atoms with Crippen molar-refractivity contribution in [1.82, 2.24) is 4.57 Å². The topological polar surface area (TPSA) is 86.7 Å². The van der Waals surface area contributed by atoms with Gasteiger partial charge in [-0.2, -0.15) is 4.99 Å². The van der Waals surface area contributed by atoms with E-state index in [1.54, 1.807) is 17.7 Å². The number of halogens is 1. The van der Waals surface area contributed by atoms with Gasteiger partial charge in [0.05, 0.1) is 21.7 Å². The van der Waals surface area contributed by atoms with Crippen molar-refractivity contribution in [2.24, 2.45) is 4.99 Å². The van der Waals surface area contributed by atoms with Crippen molar-refractivity contribution in [3.8, 4) is 0 Å². The molecule has 1 heterocycles. The Morgan fingerprint density at radius 3 is 2.69 bits per heavy atom. The number of rotatable bonds is 5. The molecule has 26 heavy (non-hydrogen) atoms. The summed E-state index contributed by atoms with van der Waals surface area (Å²) in [5, 5.41) is 10.7. The second-order valence-electron chi connectivity index (χ2n) is 5.36. The predicted molar refractivity (Wildman–Crippen MR) is 94.6 cm³/mol. The van der Waals surface area contributed by atoms with Gasteiger partial charge in [-0.3, -0.25) is 14.9 Å². The zero-order valence-electron chi connectivity index (χ0n) is 13.7. The first kappa shape index (κ1) is 17.9. The Labute approximate surface area is 151 Å². The second kappa shape index (κ2) is 7.54. The number of amides is 1. The number of aromatic nitrogens is 1.